The molecule has 0 aromatic heterocycles. The quantitative estimate of drug-likeness (QED) is 0.239. The van der Waals surface area contributed by atoms with E-state index >= 15 is 0 Å². The van der Waals surface area contributed by atoms with Crippen LogP contribution in [-0.2, 0) is 19.1 Å². The van der Waals surface area contributed by atoms with Gasteiger partial charge in [-0.05, 0) is 42.0 Å². The summed E-state index contributed by atoms with van der Waals surface area (Å²) in [5.74, 6) is -1.48. The summed E-state index contributed by atoms with van der Waals surface area (Å²) in [5, 5.41) is 11.0. The van der Waals surface area contributed by atoms with Crippen molar-refractivity contribution >= 4 is 23.4 Å². The predicted octanol–water partition coefficient (Wildman–Crippen LogP) is 2.69. The van der Waals surface area contributed by atoms with E-state index in [1.165, 1.54) is 26.0 Å². The Morgan fingerprint density at radius 1 is 1.06 bits per heavy atom. The third-order valence-corrected chi connectivity index (χ3v) is 4.88. The molecule has 0 aliphatic carbocycles. The molecule has 2 aromatic rings. The first-order valence-electron chi connectivity index (χ1n) is 9.57. The number of ketones is 1. The Morgan fingerprint density at radius 3 is 2.39 bits per heavy atom. The zero-order valence-electron chi connectivity index (χ0n) is 17.5. The average Bonchev–Trinajstić information content (AvgIpc) is 3.01. The number of rotatable bonds is 7. The molecule has 0 spiro atoms. The highest BCUT2D eigenvalue weighted by atomic mass is 16.5. The topological polar surface area (TPSA) is 102 Å². The molecule has 2 aromatic carbocycles. The van der Waals surface area contributed by atoms with E-state index < -0.39 is 23.7 Å². The van der Waals surface area contributed by atoms with Crippen molar-refractivity contribution in [1.29, 1.82) is 0 Å². The van der Waals surface area contributed by atoms with Crippen molar-refractivity contribution in [3.63, 3.8) is 0 Å². The van der Waals surface area contributed by atoms with Crippen LogP contribution in [0.2, 0.25) is 0 Å². The van der Waals surface area contributed by atoms with Crippen molar-refractivity contribution in [3.05, 3.63) is 65.2 Å². The lowest BCUT2D eigenvalue weighted by Crippen LogP contribution is -2.32. The van der Waals surface area contributed by atoms with Crippen LogP contribution in [0.25, 0.3) is 5.76 Å². The minimum atomic E-state index is -0.868. The van der Waals surface area contributed by atoms with Gasteiger partial charge in [0.05, 0.1) is 25.3 Å². The SMILES string of the molecule is COCCN1C(=O)C(=O)/C(=C(\O)c2ccc(OC)cc2)C1c1cccc(OC(C)=O)c1. The standard InChI is InChI=1S/C23H23NO7/c1-14(25)31-18-6-4-5-16(13-18)20-19(22(27)23(28)24(20)11-12-29-2)21(26)15-7-9-17(30-3)10-8-15/h4-10,13,20,26H,11-12H2,1-3H3/b21-19-. The largest absolute Gasteiger partial charge is 0.507 e. The van der Waals surface area contributed by atoms with Crippen LogP contribution in [0.4, 0.5) is 0 Å². The zero-order chi connectivity index (χ0) is 22.5. The predicted molar refractivity (Wildman–Crippen MR) is 112 cm³/mol. The Kier molecular flexibility index (Phi) is 6.71. The van der Waals surface area contributed by atoms with Crippen molar-refractivity contribution in [2.75, 3.05) is 27.4 Å². The van der Waals surface area contributed by atoms with Crippen molar-refractivity contribution in [2.45, 2.75) is 13.0 Å². The number of likely N-dealkylation sites (tertiary alicyclic amines) is 1. The maximum absolute atomic E-state index is 12.9. The number of Topliss-reactive ketones (excluding diaryl/α,β-unsaturated/α-hetero) is 1. The Balaban J connectivity index is 2.13. The van der Waals surface area contributed by atoms with Gasteiger partial charge >= 0.3 is 5.97 Å². The molecule has 1 aliphatic heterocycles. The Morgan fingerprint density at radius 2 is 1.77 bits per heavy atom. The molecule has 0 saturated carbocycles. The van der Waals surface area contributed by atoms with E-state index in [-0.39, 0.29) is 30.2 Å². The lowest BCUT2D eigenvalue weighted by Gasteiger charge is -2.25. The summed E-state index contributed by atoms with van der Waals surface area (Å²) in [6, 6.07) is 12.1. The number of esters is 1. The average molecular weight is 425 g/mol. The Labute approximate surface area is 179 Å². The number of aliphatic hydroxyl groups excluding tert-OH is 1. The minimum Gasteiger partial charge on any atom is -0.507 e. The molecule has 1 amide bonds. The molecule has 8 nitrogen and oxygen atoms in total. The van der Waals surface area contributed by atoms with Crippen molar-refractivity contribution in [2.24, 2.45) is 0 Å². The van der Waals surface area contributed by atoms with Gasteiger partial charge in [-0.1, -0.05) is 12.1 Å². The van der Waals surface area contributed by atoms with Gasteiger partial charge in [0.2, 0.25) is 0 Å². The van der Waals surface area contributed by atoms with Crippen LogP contribution in [-0.4, -0.2) is 55.0 Å². The number of carbonyl (C=O) groups excluding carboxylic acids is 3. The first-order chi connectivity index (χ1) is 14.9. The summed E-state index contributed by atoms with van der Waals surface area (Å²) >= 11 is 0. The highest BCUT2D eigenvalue weighted by molar-refractivity contribution is 6.46. The molecule has 0 radical (unpaired) electrons. The van der Waals surface area contributed by atoms with Crippen molar-refractivity contribution < 1.29 is 33.7 Å². The molecule has 1 aliphatic rings. The fourth-order valence-corrected chi connectivity index (χ4v) is 3.47. The summed E-state index contributed by atoms with van der Waals surface area (Å²) in [4.78, 5) is 38.4. The molecular weight excluding hydrogens is 402 g/mol. The van der Waals surface area contributed by atoms with Gasteiger partial charge in [-0.15, -0.1) is 0 Å². The monoisotopic (exact) mass is 425 g/mol. The number of carbonyl (C=O) groups is 3. The molecule has 31 heavy (non-hydrogen) atoms. The summed E-state index contributed by atoms with van der Waals surface area (Å²) in [6.45, 7) is 1.62. The zero-order valence-corrected chi connectivity index (χ0v) is 17.5. The number of amides is 1. The number of aliphatic hydroxyl groups is 1. The molecule has 162 valence electrons. The first kappa shape index (κ1) is 22.0. The van der Waals surface area contributed by atoms with Gasteiger partial charge in [0, 0.05) is 26.1 Å². The molecule has 1 heterocycles. The number of hydrogen-bond acceptors (Lipinski definition) is 7. The molecule has 1 saturated heterocycles. The van der Waals surface area contributed by atoms with E-state index in [4.69, 9.17) is 14.2 Å². The molecule has 1 unspecified atom stereocenters. The van der Waals surface area contributed by atoms with Crippen LogP contribution in [0.3, 0.4) is 0 Å². The van der Waals surface area contributed by atoms with E-state index in [0.717, 1.165) is 0 Å². The van der Waals surface area contributed by atoms with Crippen LogP contribution in [0.5, 0.6) is 11.5 Å². The van der Waals surface area contributed by atoms with Gasteiger partial charge in [0.15, 0.2) is 0 Å². The third-order valence-electron chi connectivity index (χ3n) is 4.88. The maximum atomic E-state index is 12.9. The lowest BCUT2D eigenvalue weighted by molar-refractivity contribution is -0.140. The number of hydrogen-bond donors (Lipinski definition) is 1. The third kappa shape index (κ3) is 4.59. The summed E-state index contributed by atoms with van der Waals surface area (Å²) in [6.07, 6.45) is 0. The van der Waals surface area contributed by atoms with E-state index in [1.807, 2.05) is 0 Å². The second kappa shape index (κ2) is 9.44. The van der Waals surface area contributed by atoms with Gasteiger partial charge in [0.25, 0.3) is 11.7 Å². The molecule has 1 fully saturated rings. The Hall–Kier alpha value is -3.65. The fourth-order valence-electron chi connectivity index (χ4n) is 3.47. The maximum Gasteiger partial charge on any atom is 0.308 e. The van der Waals surface area contributed by atoms with Gasteiger partial charge < -0.3 is 24.2 Å². The smallest absolute Gasteiger partial charge is 0.308 e. The van der Waals surface area contributed by atoms with Gasteiger partial charge in [-0.25, -0.2) is 0 Å². The number of ether oxygens (including phenoxy) is 3. The van der Waals surface area contributed by atoms with Crippen molar-refractivity contribution in [3.8, 4) is 11.5 Å². The number of methoxy groups -OCH3 is 2. The van der Waals surface area contributed by atoms with Crippen molar-refractivity contribution in [1.82, 2.24) is 4.90 Å². The second-order valence-corrected chi connectivity index (χ2v) is 6.88. The summed E-state index contributed by atoms with van der Waals surface area (Å²) in [7, 11) is 3.01. The van der Waals surface area contributed by atoms with Gasteiger partial charge in [-0.3, -0.25) is 14.4 Å². The molecule has 1 N–H and O–H groups in total. The summed E-state index contributed by atoms with van der Waals surface area (Å²) < 4.78 is 15.4. The molecular formula is C23H23NO7. The molecule has 8 heteroatoms. The van der Waals surface area contributed by atoms with Crippen LogP contribution in [0, 0.1) is 0 Å². The van der Waals surface area contributed by atoms with Crippen LogP contribution < -0.4 is 9.47 Å². The number of nitrogens with zero attached hydrogens (tertiary/aromatic N) is 1. The summed E-state index contributed by atoms with van der Waals surface area (Å²) in [5.41, 5.74) is 0.835. The number of benzene rings is 2. The molecule has 0 bridgehead atoms. The van der Waals surface area contributed by atoms with Crippen LogP contribution in [0.15, 0.2) is 54.1 Å². The van der Waals surface area contributed by atoms with E-state index in [2.05, 4.69) is 0 Å². The molecule has 1 atom stereocenters. The lowest BCUT2D eigenvalue weighted by atomic mass is 9.95. The first-order valence-corrected chi connectivity index (χ1v) is 9.57. The highest BCUT2D eigenvalue weighted by Crippen LogP contribution is 2.40. The Bertz CT molecular complexity index is 1030. The van der Waals surface area contributed by atoms with E-state index in [0.29, 0.717) is 16.9 Å². The molecule has 3 rings (SSSR count). The fraction of sp³-hybridized carbons (Fsp3) is 0.261. The van der Waals surface area contributed by atoms with Crippen LogP contribution >= 0.6 is 0 Å². The van der Waals surface area contributed by atoms with Crippen LogP contribution in [0.1, 0.15) is 24.1 Å². The van der Waals surface area contributed by atoms with Gasteiger partial charge in [0.1, 0.15) is 17.3 Å². The minimum absolute atomic E-state index is 0.0498. The highest BCUT2D eigenvalue weighted by Gasteiger charge is 2.46. The van der Waals surface area contributed by atoms with E-state index in [9.17, 15) is 19.5 Å². The normalized spacial score (nSPS) is 17.6. The van der Waals surface area contributed by atoms with Gasteiger partial charge in [-0.2, -0.15) is 0 Å². The second-order valence-electron chi connectivity index (χ2n) is 6.88. The van der Waals surface area contributed by atoms with E-state index in [1.54, 1.807) is 48.5 Å².